The zero-order chi connectivity index (χ0) is 85.3. The van der Waals surface area contributed by atoms with E-state index in [4.69, 9.17) is 15.1 Å². The Balaban J connectivity index is 1.37. The van der Waals surface area contributed by atoms with Crippen LogP contribution in [0.2, 0.25) is 0 Å². The molecule has 0 fully saturated rings. The summed E-state index contributed by atoms with van der Waals surface area (Å²) < 4.78 is 431. The molecule has 0 saturated heterocycles. The topological polar surface area (TPSA) is 14.8 Å². The lowest BCUT2D eigenvalue weighted by Crippen LogP contribution is -2.75. The number of benzene rings is 11. The molecule has 14 aromatic rings. The Morgan fingerprint density at radius 1 is 0.286 bits per heavy atom. The van der Waals surface area contributed by atoms with E-state index in [-0.39, 0.29) is 0 Å². The summed E-state index contributed by atoms with van der Waals surface area (Å²) in [7, 11) is -7.14. The standard InChI is InChI=1S/C66H45N3Si/c1-4-24-49(25-5-1)70(50-26-6-2-7-27-50,51-28-8-3-9-29-51)65-41-21-35-57-58-45-48(67-60-37-16-11-31-53(60)54-32-12-17-38-61(54)67)42-43-64(58)68(66(57)65)47-23-20-22-46(44-47)52-30-10-15-36-59(52)69-62-39-18-13-33-55(62)56-34-14-19-40-63(56)69/h1-45H/i1D,2D,3D,4D,5D,6D,7D,8D,9D,10D,11D,12D,13D,14D,15D,16D,17D,18D,19D,20D,21D,22D,23D,24D,25D,26D,27D,28D,29D,30D,31D,32D,33D,34D,35D,36D,37D,38D,39D,40D,41D,42D,43D,44D,45D. The summed E-state index contributed by atoms with van der Waals surface area (Å²) in [6.07, 6.45) is 0. The fourth-order valence-electron chi connectivity index (χ4n) is 8.84. The van der Waals surface area contributed by atoms with E-state index in [1.807, 2.05) is 0 Å². The van der Waals surface area contributed by atoms with Gasteiger partial charge in [-0.1, -0.05) is 211 Å². The molecule has 0 unspecified atom stereocenters. The van der Waals surface area contributed by atoms with Crippen molar-refractivity contribution in [1.29, 1.82) is 0 Å². The number of fused-ring (bicyclic) bond motifs is 9. The number of para-hydroxylation sites is 6. The van der Waals surface area contributed by atoms with Crippen LogP contribution in [0.4, 0.5) is 0 Å². The quantitative estimate of drug-likeness (QED) is 0.106. The first-order valence-corrected chi connectivity index (χ1v) is 22.5. The number of hydrogen-bond acceptors (Lipinski definition) is 0. The second-order valence-electron chi connectivity index (χ2n) is 15.0. The zero-order valence-corrected chi connectivity index (χ0v) is 35.8. The van der Waals surface area contributed by atoms with Gasteiger partial charge in [-0.3, -0.25) is 0 Å². The van der Waals surface area contributed by atoms with Crippen LogP contribution < -0.4 is 20.7 Å². The van der Waals surface area contributed by atoms with Gasteiger partial charge in [0, 0.05) is 49.3 Å². The van der Waals surface area contributed by atoms with Crippen LogP contribution in [-0.4, -0.2) is 21.8 Å². The number of nitrogens with zero attached hydrogens (tertiary/aromatic N) is 3. The number of hydrogen-bond donors (Lipinski definition) is 0. The van der Waals surface area contributed by atoms with Crippen molar-refractivity contribution >= 4 is 94.2 Å². The Morgan fingerprint density at radius 3 is 1.27 bits per heavy atom. The first kappa shape index (κ1) is 15.5. The van der Waals surface area contributed by atoms with E-state index >= 15 is 0 Å². The second-order valence-corrected chi connectivity index (χ2v) is 18.5. The molecule has 14 rings (SSSR count). The number of rotatable bonds is 8. The molecule has 0 bridgehead atoms. The van der Waals surface area contributed by atoms with Crippen molar-refractivity contribution in [2.75, 3.05) is 0 Å². The molecule has 0 spiro atoms. The summed E-state index contributed by atoms with van der Waals surface area (Å²) in [5.74, 6) is 0. The van der Waals surface area contributed by atoms with Crippen LogP contribution in [0.1, 0.15) is 61.7 Å². The maximum absolute atomic E-state index is 10.8. The van der Waals surface area contributed by atoms with Gasteiger partial charge in [0.05, 0.1) is 100 Å². The molecule has 0 saturated carbocycles. The second kappa shape index (κ2) is 16.1. The molecule has 70 heavy (non-hydrogen) atoms. The Bertz CT molecular complexity index is 6620. The maximum atomic E-state index is 10.8. The van der Waals surface area contributed by atoms with Gasteiger partial charge >= 0.3 is 0 Å². The summed E-state index contributed by atoms with van der Waals surface area (Å²) >= 11 is 0. The van der Waals surface area contributed by atoms with E-state index in [9.17, 15) is 46.6 Å². The van der Waals surface area contributed by atoms with Gasteiger partial charge in [0.1, 0.15) is 0 Å². The van der Waals surface area contributed by atoms with Gasteiger partial charge in [-0.05, 0) is 86.7 Å². The molecule has 0 aliphatic rings. The molecular formula is C66H45N3Si. The summed E-state index contributed by atoms with van der Waals surface area (Å²) in [6, 6.07) is -58.6. The Morgan fingerprint density at radius 2 is 0.714 bits per heavy atom. The minimum atomic E-state index is -7.14. The van der Waals surface area contributed by atoms with Gasteiger partial charge in [0.2, 0.25) is 0 Å². The van der Waals surface area contributed by atoms with E-state index in [1.54, 1.807) is 0 Å². The predicted octanol–water partition coefficient (Wildman–Crippen LogP) is 14.0. The molecule has 3 aromatic heterocycles. The normalized spacial score (nSPS) is 21.0. The summed E-state index contributed by atoms with van der Waals surface area (Å²) in [5.41, 5.74) is -12.6. The van der Waals surface area contributed by atoms with Crippen LogP contribution in [0.15, 0.2) is 272 Å². The van der Waals surface area contributed by atoms with E-state index in [0.717, 1.165) is 0 Å². The van der Waals surface area contributed by atoms with E-state index < -0.39 is 394 Å². The lowest BCUT2D eigenvalue weighted by molar-refractivity contribution is 1.16. The highest BCUT2D eigenvalue weighted by Gasteiger charge is 2.43. The van der Waals surface area contributed by atoms with Crippen molar-refractivity contribution in [2.24, 2.45) is 0 Å². The van der Waals surface area contributed by atoms with Crippen LogP contribution in [0.25, 0.3) is 93.6 Å². The third-order valence-corrected chi connectivity index (χ3v) is 15.7. The summed E-state index contributed by atoms with van der Waals surface area (Å²) in [4.78, 5) is 0. The molecule has 0 amide bonds. The van der Waals surface area contributed by atoms with Gasteiger partial charge in [-0.2, -0.15) is 0 Å². The molecule has 328 valence electrons. The third kappa shape index (κ3) is 5.94. The van der Waals surface area contributed by atoms with Gasteiger partial charge < -0.3 is 13.7 Å². The largest absolute Gasteiger partial charge is 0.309 e. The zero-order valence-electron chi connectivity index (χ0n) is 79.8. The first-order chi connectivity index (χ1) is 53.5. The van der Waals surface area contributed by atoms with E-state index in [1.165, 1.54) is 0 Å². The van der Waals surface area contributed by atoms with Crippen LogP contribution in [0.5, 0.6) is 0 Å². The van der Waals surface area contributed by atoms with Gasteiger partial charge in [0.25, 0.3) is 0 Å². The molecule has 4 heteroatoms. The van der Waals surface area contributed by atoms with Crippen molar-refractivity contribution in [3.63, 3.8) is 0 Å². The minimum absolute atomic E-state index is 0.299. The number of aromatic nitrogens is 3. The highest BCUT2D eigenvalue weighted by atomic mass is 28.3. The molecule has 3 nitrogen and oxygen atoms in total. The molecule has 0 aliphatic heterocycles. The Labute approximate surface area is 470 Å². The maximum Gasteiger partial charge on any atom is 0.181 e. The van der Waals surface area contributed by atoms with Crippen molar-refractivity contribution in [3.05, 3.63) is 272 Å². The summed E-state index contributed by atoms with van der Waals surface area (Å²) in [6.45, 7) is 0. The average molecular weight is 953 g/mol. The third-order valence-electron chi connectivity index (χ3n) is 11.6. The van der Waals surface area contributed by atoms with E-state index in [0.29, 0.717) is 13.7 Å². The molecule has 3 heterocycles. The minimum Gasteiger partial charge on any atom is -0.309 e. The highest BCUT2D eigenvalue weighted by Crippen LogP contribution is 2.40. The molecule has 0 radical (unpaired) electrons. The van der Waals surface area contributed by atoms with Crippen LogP contribution in [0, 0.1) is 0 Å². The monoisotopic (exact) mass is 953 g/mol. The van der Waals surface area contributed by atoms with Crippen molar-refractivity contribution in [1.82, 2.24) is 13.7 Å². The molecular weight excluding hydrogens is 863 g/mol. The first-order valence-electron chi connectivity index (χ1n) is 43.0. The Kier molecular flexibility index (Phi) is 3.57. The lowest BCUT2D eigenvalue weighted by atomic mass is 10.0. The van der Waals surface area contributed by atoms with Crippen molar-refractivity contribution < 1.29 is 61.7 Å². The fraction of sp³-hybridized carbons (Fsp3) is 0. The van der Waals surface area contributed by atoms with Crippen molar-refractivity contribution in [3.8, 4) is 28.2 Å². The molecule has 0 atom stereocenters. The fourth-order valence-corrected chi connectivity index (χ4v) is 12.7. The molecule has 0 N–H and O–H groups in total. The van der Waals surface area contributed by atoms with E-state index in [2.05, 4.69) is 0 Å². The predicted molar refractivity (Wildman–Crippen MR) is 299 cm³/mol. The lowest BCUT2D eigenvalue weighted by Gasteiger charge is -2.35. The van der Waals surface area contributed by atoms with Crippen molar-refractivity contribution in [2.45, 2.75) is 0 Å². The van der Waals surface area contributed by atoms with Crippen LogP contribution in [-0.2, 0) is 0 Å². The SMILES string of the molecule is [2H]c1c([2H])c([2H])c([Si](c2c([2H])c([2H])c([2H])c([2H])c2[2H])(c2c([2H])c([2H])c([2H])c([2H])c2[2H])c2c([2H])c([2H])c([2H])c3c4c([2H])c(-n5c6c([2H])c([2H])c([2H])c([2H])c6c6c([2H])c([2H])c([2H])c([2H])c65)c([2H])c([2H])c4n(-c4c([2H])c([2H])c([2H])c(-c5c([2H])c([2H])c([2H])c([2H])c5-n5c6c([2H])c([2H])c([2H])c([2H])c6c6c([2H])c([2H])c([2H])c([2H])c65)c4[2H])c23)c([2H])c1[2H]. The average Bonchev–Trinajstić information content (AvgIpc) is 1.59. The van der Waals surface area contributed by atoms with Gasteiger partial charge in [-0.25, -0.2) is 0 Å². The van der Waals surface area contributed by atoms with Crippen LogP contribution in [0.3, 0.4) is 0 Å². The smallest absolute Gasteiger partial charge is 0.181 e. The molecule has 0 aliphatic carbocycles. The van der Waals surface area contributed by atoms with Gasteiger partial charge in [-0.15, -0.1) is 0 Å². The molecule has 11 aromatic carbocycles. The Hall–Kier alpha value is -8.96. The summed E-state index contributed by atoms with van der Waals surface area (Å²) in [5, 5.41) is -11.1. The highest BCUT2D eigenvalue weighted by molar-refractivity contribution is 7.20. The van der Waals surface area contributed by atoms with Crippen LogP contribution >= 0.6 is 0 Å². The van der Waals surface area contributed by atoms with Gasteiger partial charge in [0.15, 0.2) is 8.07 Å².